The Morgan fingerprint density at radius 1 is 1.35 bits per heavy atom. The van der Waals surface area contributed by atoms with E-state index in [1.165, 1.54) is 24.8 Å². The molecule has 17 heavy (non-hydrogen) atoms. The van der Waals surface area contributed by atoms with Crippen molar-refractivity contribution in [1.29, 1.82) is 0 Å². The Labute approximate surface area is 103 Å². The predicted octanol–water partition coefficient (Wildman–Crippen LogP) is 2.81. The summed E-state index contributed by atoms with van der Waals surface area (Å²) in [5.74, 6) is 0. The number of nitrogens with one attached hydrogen (secondary N) is 1. The summed E-state index contributed by atoms with van der Waals surface area (Å²) in [6, 6.07) is 8.83. The summed E-state index contributed by atoms with van der Waals surface area (Å²) in [5.41, 5.74) is 2.31. The van der Waals surface area contributed by atoms with Crippen LogP contribution in [0.25, 0.3) is 11.0 Å². The van der Waals surface area contributed by atoms with Gasteiger partial charge in [0.25, 0.3) is 0 Å². The van der Waals surface area contributed by atoms with E-state index in [1.54, 1.807) is 0 Å². The molecule has 1 unspecified atom stereocenters. The Balaban J connectivity index is 2.11. The highest BCUT2D eigenvalue weighted by molar-refractivity contribution is 5.74. The lowest BCUT2D eigenvalue weighted by Crippen LogP contribution is -2.29. The van der Waals surface area contributed by atoms with Gasteiger partial charge in [-0.15, -0.1) is 0 Å². The average molecular weight is 231 g/mol. The van der Waals surface area contributed by atoms with E-state index < -0.39 is 0 Å². The minimum Gasteiger partial charge on any atom is -0.329 e. The van der Waals surface area contributed by atoms with Gasteiger partial charge in [0.2, 0.25) is 0 Å². The molecule has 0 spiro atoms. The number of aromatic nitrogens is 2. The van der Waals surface area contributed by atoms with E-state index in [0.717, 1.165) is 12.1 Å². The molecule has 2 aromatic rings. The highest BCUT2D eigenvalue weighted by atomic mass is 15.1. The molecule has 92 valence electrons. The largest absolute Gasteiger partial charge is 0.329 e. The fourth-order valence-electron chi connectivity index (χ4n) is 2.17. The van der Waals surface area contributed by atoms with Gasteiger partial charge >= 0.3 is 0 Å². The lowest BCUT2D eigenvalue weighted by atomic mass is 10.1. The van der Waals surface area contributed by atoms with Crippen molar-refractivity contribution in [1.82, 2.24) is 14.9 Å². The number of nitrogens with zero attached hydrogens (tertiary/aromatic N) is 2. The molecule has 0 aliphatic carbocycles. The van der Waals surface area contributed by atoms with Crippen LogP contribution in [0.1, 0.15) is 26.2 Å². The summed E-state index contributed by atoms with van der Waals surface area (Å²) >= 11 is 0. The molecule has 1 aromatic heterocycles. The molecule has 0 aliphatic heterocycles. The van der Waals surface area contributed by atoms with E-state index in [9.17, 15) is 0 Å². The second-order valence-electron chi connectivity index (χ2n) is 4.51. The number of imidazole rings is 1. The Kier molecular flexibility index (Phi) is 4.15. The molecule has 1 aromatic carbocycles. The van der Waals surface area contributed by atoms with E-state index in [4.69, 9.17) is 0 Å². The number of fused-ring (bicyclic) bond motifs is 1. The van der Waals surface area contributed by atoms with Gasteiger partial charge in [-0.25, -0.2) is 4.98 Å². The number of para-hydroxylation sites is 2. The van der Waals surface area contributed by atoms with Crippen molar-refractivity contribution in [2.45, 2.75) is 38.8 Å². The number of hydrogen-bond acceptors (Lipinski definition) is 2. The Bertz CT molecular complexity index is 461. The topological polar surface area (TPSA) is 29.9 Å². The van der Waals surface area contributed by atoms with Crippen LogP contribution in [0.15, 0.2) is 30.6 Å². The first-order valence-electron chi connectivity index (χ1n) is 6.42. The minimum atomic E-state index is 0.535. The number of likely N-dealkylation sites (N-methyl/N-ethyl adjacent to an activating group) is 1. The SMILES string of the molecule is CCCCC(Cn1cnc2ccccc21)NC. The van der Waals surface area contributed by atoms with Crippen molar-refractivity contribution in [2.75, 3.05) is 7.05 Å². The Hall–Kier alpha value is -1.35. The zero-order chi connectivity index (χ0) is 12.1. The van der Waals surface area contributed by atoms with Gasteiger partial charge in [-0.2, -0.15) is 0 Å². The zero-order valence-electron chi connectivity index (χ0n) is 10.7. The number of unbranched alkanes of at least 4 members (excludes halogenated alkanes) is 1. The Morgan fingerprint density at radius 2 is 2.18 bits per heavy atom. The molecule has 0 amide bonds. The molecule has 1 N–H and O–H groups in total. The van der Waals surface area contributed by atoms with Gasteiger partial charge in [-0.1, -0.05) is 31.9 Å². The van der Waals surface area contributed by atoms with Crippen LogP contribution in [0.5, 0.6) is 0 Å². The van der Waals surface area contributed by atoms with E-state index >= 15 is 0 Å². The molecule has 0 bridgehead atoms. The summed E-state index contributed by atoms with van der Waals surface area (Å²) in [4.78, 5) is 4.42. The maximum Gasteiger partial charge on any atom is 0.0958 e. The fraction of sp³-hybridized carbons (Fsp3) is 0.500. The van der Waals surface area contributed by atoms with Crippen molar-refractivity contribution in [3.8, 4) is 0 Å². The molecule has 3 heteroatoms. The van der Waals surface area contributed by atoms with Crippen LogP contribution in [0.2, 0.25) is 0 Å². The molecule has 0 saturated heterocycles. The van der Waals surface area contributed by atoms with Gasteiger partial charge in [0.15, 0.2) is 0 Å². The number of rotatable bonds is 6. The maximum absolute atomic E-state index is 4.42. The number of benzene rings is 1. The van der Waals surface area contributed by atoms with Crippen molar-refractivity contribution >= 4 is 11.0 Å². The first kappa shape index (κ1) is 12.1. The van der Waals surface area contributed by atoms with E-state index in [1.807, 2.05) is 19.4 Å². The summed E-state index contributed by atoms with van der Waals surface area (Å²) in [6.45, 7) is 3.23. The van der Waals surface area contributed by atoms with Gasteiger partial charge in [-0.3, -0.25) is 0 Å². The summed E-state index contributed by atoms with van der Waals surface area (Å²) in [7, 11) is 2.04. The summed E-state index contributed by atoms with van der Waals surface area (Å²) < 4.78 is 2.24. The third-order valence-corrected chi connectivity index (χ3v) is 3.26. The van der Waals surface area contributed by atoms with Crippen LogP contribution in [0, 0.1) is 0 Å². The predicted molar refractivity (Wildman–Crippen MR) is 72.1 cm³/mol. The quantitative estimate of drug-likeness (QED) is 0.828. The highest BCUT2D eigenvalue weighted by Gasteiger charge is 2.08. The van der Waals surface area contributed by atoms with Crippen LogP contribution in [0.4, 0.5) is 0 Å². The molecular formula is C14H21N3. The van der Waals surface area contributed by atoms with Gasteiger partial charge in [-0.05, 0) is 25.6 Å². The molecule has 0 saturated carbocycles. The molecule has 3 nitrogen and oxygen atoms in total. The van der Waals surface area contributed by atoms with Gasteiger partial charge in [0.1, 0.15) is 0 Å². The summed E-state index contributed by atoms with van der Waals surface area (Å²) in [5, 5.41) is 3.39. The van der Waals surface area contributed by atoms with Gasteiger partial charge < -0.3 is 9.88 Å². The zero-order valence-corrected chi connectivity index (χ0v) is 10.7. The van der Waals surface area contributed by atoms with Crippen molar-refractivity contribution < 1.29 is 0 Å². The standard InChI is InChI=1S/C14H21N3/c1-3-4-7-12(15-2)10-17-11-16-13-8-5-6-9-14(13)17/h5-6,8-9,11-12,15H,3-4,7,10H2,1-2H3. The molecule has 0 aliphatic rings. The second-order valence-corrected chi connectivity index (χ2v) is 4.51. The third kappa shape index (κ3) is 2.86. The lowest BCUT2D eigenvalue weighted by molar-refractivity contribution is 0.444. The van der Waals surface area contributed by atoms with Crippen LogP contribution in [-0.4, -0.2) is 22.6 Å². The van der Waals surface area contributed by atoms with Gasteiger partial charge in [0, 0.05) is 12.6 Å². The number of hydrogen-bond donors (Lipinski definition) is 1. The normalized spacial score (nSPS) is 13.1. The lowest BCUT2D eigenvalue weighted by Gasteiger charge is -2.16. The van der Waals surface area contributed by atoms with Crippen LogP contribution < -0.4 is 5.32 Å². The van der Waals surface area contributed by atoms with Crippen molar-refractivity contribution in [2.24, 2.45) is 0 Å². The minimum absolute atomic E-state index is 0.535. The van der Waals surface area contributed by atoms with Crippen LogP contribution in [0.3, 0.4) is 0 Å². The maximum atomic E-state index is 4.42. The van der Waals surface area contributed by atoms with E-state index in [0.29, 0.717) is 6.04 Å². The highest BCUT2D eigenvalue weighted by Crippen LogP contribution is 2.13. The van der Waals surface area contributed by atoms with Crippen LogP contribution >= 0.6 is 0 Å². The first-order valence-corrected chi connectivity index (χ1v) is 6.42. The smallest absolute Gasteiger partial charge is 0.0958 e. The fourth-order valence-corrected chi connectivity index (χ4v) is 2.17. The monoisotopic (exact) mass is 231 g/mol. The molecule has 2 rings (SSSR count). The average Bonchev–Trinajstić information content (AvgIpc) is 2.78. The first-order chi connectivity index (χ1) is 8.35. The third-order valence-electron chi connectivity index (χ3n) is 3.26. The molecular weight excluding hydrogens is 210 g/mol. The van der Waals surface area contributed by atoms with Crippen LogP contribution in [-0.2, 0) is 6.54 Å². The van der Waals surface area contributed by atoms with Crippen molar-refractivity contribution in [3.05, 3.63) is 30.6 Å². The Morgan fingerprint density at radius 3 is 2.94 bits per heavy atom. The van der Waals surface area contributed by atoms with E-state index in [-0.39, 0.29) is 0 Å². The van der Waals surface area contributed by atoms with Gasteiger partial charge in [0.05, 0.1) is 17.4 Å². The molecule has 1 atom stereocenters. The van der Waals surface area contributed by atoms with E-state index in [2.05, 4.69) is 40.0 Å². The summed E-state index contributed by atoms with van der Waals surface area (Å²) in [6.07, 6.45) is 5.70. The molecule has 0 radical (unpaired) electrons. The molecule has 0 fully saturated rings. The molecule has 1 heterocycles. The van der Waals surface area contributed by atoms with Crippen molar-refractivity contribution in [3.63, 3.8) is 0 Å². The second kappa shape index (κ2) is 5.82.